The quantitative estimate of drug-likeness (QED) is 0.147. The van der Waals surface area contributed by atoms with Gasteiger partial charge in [0.1, 0.15) is 34.7 Å². The molecule has 4 N–H and O–H groups in total. The van der Waals surface area contributed by atoms with Gasteiger partial charge < -0.3 is 25.0 Å². The number of nitrogens with one attached hydrogen (secondary N) is 4. The highest BCUT2D eigenvalue weighted by Gasteiger charge is 2.29. The van der Waals surface area contributed by atoms with Crippen molar-refractivity contribution in [3.05, 3.63) is 65.3 Å². The van der Waals surface area contributed by atoms with Crippen LogP contribution in [0.1, 0.15) is 19.8 Å². The number of aromatic nitrogens is 4. The van der Waals surface area contributed by atoms with Crippen molar-refractivity contribution in [2.75, 3.05) is 42.8 Å². The number of carbonyl (C=O) groups is 2. The first-order valence-electron chi connectivity index (χ1n) is 14.1. The highest BCUT2D eigenvalue weighted by Crippen LogP contribution is 2.40. The van der Waals surface area contributed by atoms with Crippen molar-refractivity contribution in [2.24, 2.45) is 5.92 Å². The van der Waals surface area contributed by atoms with Crippen LogP contribution in [0.25, 0.3) is 16.9 Å². The lowest BCUT2D eigenvalue weighted by molar-refractivity contribution is 0.176. The molecule has 0 bridgehead atoms. The lowest BCUT2D eigenvalue weighted by Crippen LogP contribution is -2.35. The Kier molecular flexibility index (Phi) is 12.3. The van der Waals surface area contributed by atoms with Gasteiger partial charge in [0, 0.05) is 25.2 Å². The van der Waals surface area contributed by atoms with Crippen molar-refractivity contribution in [1.29, 1.82) is 0 Å². The normalized spacial score (nSPS) is 12.8. The number of para-hydroxylation sites is 2. The van der Waals surface area contributed by atoms with E-state index >= 15 is 0 Å². The van der Waals surface area contributed by atoms with Crippen molar-refractivity contribution < 1.29 is 32.2 Å². The maximum Gasteiger partial charge on any atom is 0.413 e. The van der Waals surface area contributed by atoms with E-state index in [9.17, 15) is 22.8 Å². The van der Waals surface area contributed by atoms with Gasteiger partial charge in [-0.25, -0.2) is 22.8 Å². The van der Waals surface area contributed by atoms with Gasteiger partial charge in [0.05, 0.1) is 36.7 Å². The predicted molar refractivity (Wildman–Crippen MR) is 182 cm³/mol. The molecule has 1 aliphatic rings. The van der Waals surface area contributed by atoms with Gasteiger partial charge in [0.25, 0.3) is 5.78 Å². The molecule has 0 atom stereocenters. The van der Waals surface area contributed by atoms with Crippen LogP contribution in [0.3, 0.4) is 0 Å². The number of piperidine rings is 1. The third-order valence-electron chi connectivity index (χ3n) is 6.92. The number of nitrogens with zero attached hydrogens (tertiary/aromatic N) is 5. The summed E-state index contributed by atoms with van der Waals surface area (Å²) in [5.74, 6) is -1.89. The molecule has 4 aromatic rings. The van der Waals surface area contributed by atoms with E-state index in [1.54, 1.807) is 24.3 Å². The molecule has 0 spiro atoms. The van der Waals surface area contributed by atoms with Crippen LogP contribution in [0.15, 0.2) is 42.7 Å². The number of carbonyl (C=O) groups excluding carboxylic acids is 2. The molecule has 1 saturated heterocycles. The molecule has 5 rings (SSSR count). The van der Waals surface area contributed by atoms with Gasteiger partial charge in [-0.3, -0.25) is 10.6 Å². The minimum Gasteiger partial charge on any atom is -0.453 e. The Bertz CT molecular complexity index is 1770. The molecule has 0 saturated carbocycles. The maximum absolute atomic E-state index is 14.5. The minimum absolute atomic E-state index is 0.0490. The number of alkyl carbamates (subject to hydrolysis) is 2. The van der Waals surface area contributed by atoms with Crippen molar-refractivity contribution in [3.8, 4) is 11.1 Å². The number of benzene rings is 2. The van der Waals surface area contributed by atoms with E-state index in [1.807, 2.05) is 4.90 Å². The van der Waals surface area contributed by atoms with Crippen molar-refractivity contribution in [3.63, 3.8) is 0 Å². The van der Waals surface area contributed by atoms with Crippen LogP contribution in [0.5, 0.6) is 0 Å². The molecule has 2 aromatic carbocycles. The standard InChI is InChI=1S/C17H15ClF3N5.C12H14N4O4S2/c1-9-2-4-25(5-3-9)16-14(13-11(20)6-10(19)7-12(13)21)15(18)24-17-22-8-23-26(16)17;1-19-11(17)15-9(21)13-7-5-3-4-6-8(7)14-10(22)16-12(18)20-2/h6-9H,2-5H2,1H3;3-6H,1-2H3,(H2,13,15,17,21)(H2,14,16,18,22). The van der Waals surface area contributed by atoms with Gasteiger partial charge in [0.2, 0.25) is 0 Å². The third-order valence-corrected chi connectivity index (χ3v) is 7.61. The average Bonchev–Trinajstić information content (AvgIpc) is 3.50. The minimum atomic E-state index is -1.04. The topological polar surface area (TPSA) is 147 Å². The molecule has 3 heterocycles. The van der Waals surface area contributed by atoms with Crippen LogP contribution in [0.2, 0.25) is 5.15 Å². The fraction of sp³-hybridized carbons (Fsp3) is 0.276. The highest BCUT2D eigenvalue weighted by molar-refractivity contribution is 7.80. The van der Waals surface area contributed by atoms with E-state index in [0.29, 0.717) is 48.3 Å². The fourth-order valence-corrected chi connectivity index (χ4v) is 5.25. The number of ether oxygens (including phenoxy) is 2. The summed E-state index contributed by atoms with van der Waals surface area (Å²) in [7, 11) is 2.45. The van der Waals surface area contributed by atoms with E-state index < -0.39 is 35.2 Å². The molecule has 19 heteroatoms. The SMILES string of the molecule is CC1CCN(c2c(-c3c(F)cc(F)cc3F)c(Cl)nc3ncnn23)CC1.COC(=O)NC(=S)Nc1ccccc1NC(=S)NC(=O)OC. The van der Waals surface area contributed by atoms with Gasteiger partial charge in [-0.15, -0.1) is 0 Å². The zero-order chi connectivity index (χ0) is 35.0. The first-order chi connectivity index (χ1) is 22.9. The molecule has 1 aliphatic heterocycles. The summed E-state index contributed by atoms with van der Waals surface area (Å²) in [6.07, 6.45) is 1.76. The van der Waals surface area contributed by atoms with Gasteiger partial charge in [-0.1, -0.05) is 30.7 Å². The van der Waals surface area contributed by atoms with Crippen LogP contribution in [-0.2, 0) is 9.47 Å². The van der Waals surface area contributed by atoms with E-state index in [2.05, 4.69) is 52.7 Å². The molecule has 0 unspecified atom stereocenters. The summed E-state index contributed by atoms with van der Waals surface area (Å²) in [5.41, 5.74) is 0.708. The van der Waals surface area contributed by atoms with Gasteiger partial charge >= 0.3 is 12.2 Å². The van der Waals surface area contributed by atoms with Crippen LogP contribution in [0.4, 0.5) is 40.0 Å². The Morgan fingerprint density at radius 2 is 1.44 bits per heavy atom. The van der Waals surface area contributed by atoms with Gasteiger partial charge in [0.15, 0.2) is 10.2 Å². The van der Waals surface area contributed by atoms with E-state index in [1.165, 1.54) is 25.1 Å². The van der Waals surface area contributed by atoms with Gasteiger partial charge in [-0.05, 0) is 55.3 Å². The zero-order valence-electron chi connectivity index (χ0n) is 25.6. The number of rotatable bonds is 4. The zero-order valence-corrected chi connectivity index (χ0v) is 28.0. The van der Waals surface area contributed by atoms with Crippen molar-refractivity contribution in [2.45, 2.75) is 19.8 Å². The van der Waals surface area contributed by atoms with Crippen LogP contribution in [0, 0.1) is 23.4 Å². The Balaban J connectivity index is 0.000000221. The van der Waals surface area contributed by atoms with Gasteiger partial charge in [-0.2, -0.15) is 19.6 Å². The summed E-state index contributed by atoms with van der Waals surface area (Å²) in [6, 6.07) is 8.17. The summed E-state index contributed by atoms with van der Waals surface area (Å²) >= 11 is 16.2. The molecular weight excluding hydrogens is 695 g/mol. The molecule has 2 amide bonds. The number of amides is 2. The highest BCUT2D eigenvalue weighted by atomic mass is 35.5. The lowest BCUT2D eigenvalue weighted by Gasteiger charge is -2.33. The average molecular weight is 724 g/mol. The smallest absolute Gasteiger partial charge is 0.413 e. The van der Waals surface area contributed by atoms with Crippen LogP contribution < -0.4 is 26.2 Å². The molecule has 0 aliphatic carbocycles. The number of halogens is 4. The van der Waals surface area contributed by atoms with E-state index in [0.717, 1.165) is 12.8 Å². The number of hydrogen-bond donors (Lipinski definition) is 4. The maximum atomic E-state index is 14.5. The third kappa shape index (κ3) is 8.96. The Hall–Kier alpha value is -4.81. The molecule has 1 fully saturated rings. The van der Waals surface area contributed by atoms with E-state index in [4.69, 9.17) is 36.0 Å². The monoisotopic (exact) mass is 723 g/mol. The molecule has 13 nitrogen and oxygen atoms in total. The predicted octanol–water partition coefficient (Wildman–Crippen LogP) is 5.89. The number of methoxy groups -OCH3 is 2. The van der Waals surface area contributed by atoms with Crippen molar-refractivity contribution >= 4 is 81.4 Å². The fourth-order valence-electron chi connectivity index (χ4n) is 4.61. The second kappa shape index (κ2) is 16.3. The van der Waals surface area contributed by atoms with Crippen molar-refractivity contribution in [1.82, 2.24) is 30.2 Å². The molecule has 0 radical (unpaired) electrons. The second-order valence-corrected chi connectivity index (χ2v) is 11.3. The Morgan fingerprint density at radius 3 is 1.94 bits per heavy atom. The molecular formula is C29H29ClF3N9O4S2. The Labute approximate surface area is 288 Å². The number of hydrogen-bond acceptors (Lipinski definition) is 10. The molecule has 254 valence electrons. The Morgan fingerprint density at radius 1 is 0.917 bits per heavy atom. The second-order valence-electron chi connectivity index (χ2n) is 10.2. The summed E-state index contributed by atoms with van der Waals surface area (Å²) in [4.78, 5) is 32.2. The first-order valence-corrected chi connectivity index (χ1v) is 15.3. The number of thiocarbonyl (C=S) groups is 2. The lowest BCUT2D eigenvalue weighted by atomic mass is 9.98. The summed E-state index contributed by atoms with van der Waals surface area (Å²) < 4.78 is 52.6. The largest absolute Gasteiger partial charge is 0.453 e. The van der Waals surface area contributed by atoms with E-state index in [-0.39, 0.29) is 26.7 Å². The number of fused-ring (bicyclic) bond motifs is 1. The number of anilines is 3. The summed E-state index contributed by atoms with van der Waals surface area (Å²) in [5, 5.41) is 14.4. The van der Waals surface area contributed by atoms with Crippen LogP contribution >= 0.6 is 36.0 Å². The van der Waals surface area contributed by atoms with Crippen LogP contribution in [-0.4, -0.2) is 69.3 Å². The summed E-state index contributed by atoms with van der Waals surface area (Å²) in [6.45, 7) is 3.50. The first kappa shape index (κ1) is 36.0. The molecule has 2 aromatic heterocycles. The molecule has 48 heavy (non-hydrogen) atoms.